The first-order chi connectivity index (χ1) is 14.8. The van der Waals surface area contributed by atoms with Gasteiger partial charge < -0.3 is 9.47 Å². The molecule has 162 valence electrons. The van der Waals surface area contributed by atoms with Crippen LogP contribution in [-0.2, 0) is 14.3 Å². The van der Waals surface area contributed by atoms with E-state index < -0.39 is 17.8 Å². The van der Waals surface area contributed by atoms with E-state index in [9.17, 15) is 14.4 Å². The van der Waals surface area contributed by atoms with Gasteiger partial charge in [0.25, 0.3) is 11.8 Å². The lowest BCUT2D eigenvalue weighted by molar-refractivity contribution is -0.119. The van der Waals surface area contributed by atoms with E-state index in [0.717, 1.165) is 17.7 Å². The molecule has 0 aliphatic carbocycles. The number of benzene rings is 2. The predicted octanol–water partition coefficient (Wildman–Crippen LogP) is 4.95. The second-order valence-corrected chi connectivity index (χ2v) is 7.74. The van der Waals surface area contributed by atoms with Gasteiger partial charge in [0.15, 0.2) is 0 Å². The van der Waals surface area contributed by atoms with Crippen molar-refractivity contribution >= 4 is 40.6 Å². The molecule has 1 aliphatic rings. The van der Waals surface area contributed by atoms with Crippen LogP contribution in [-0.4, -0.2) is 30.5 Å². The summed E-state index contributed by atoms with van der Waals surface area (Å²) in [6, 6.07) is 12.9. The monoisotopic (exact) mass is 441 g/mol. The van der Waals surface area contributed by atoms with E-state index in [0.29, 0.717) is 29.2 Å². The molecule has 31 heavy (non-hydrogen) atoms. The van der Waals surface area contributed by atoms with Gasteiger partial charge in [-0.2, -0.15) is 0 Å². The molecule has 6 nitrogen and oxygen atoms in total. The number of unbranched alkanes of at least 4 members (excludes halogenated alkanes) is 1. The second kappa shape index (κ2) is 9.79. The number of anilines is 1. The molecule has 0 saturated heterocycles. The number of hydrogen-bond acceptors (Lipinski definition) is 5. The van der Waals surface area contributed by atoms with Gasteiger partial charge in [0.2, 0.25) is 0 Å². The summed E-state index contributed by atoms with van der Waals surface area (Å²) in [6.45, 7) is 6.19. The van der Waals surface area contributed by atoms with E-state index >= 15 is 0 Å². The Balaban J connectivity index is 1.78. The van der Waals surface area contributed by atoms with E-state index in [4.69, 9.17) is 21.1 Å². The smallest absolute Gasteiger partial charge is 0.338 e. The summed E-state index contributed by atoms with van der Waals surface area (Å²) in [5, 5.41) is -0.148. The predicted molar refractivity (Wildman–Crippen MR) is 119 cm³/mol. The Morgan fingerprint density at radius 2 is 1.65 bits per heavy atom. The zero-order valence-corrected chi connectivity index (χ0v) is 18.4. The van der Waals surface area contributed by atoms with Crippen molar-refractivity contribution in [3.8, 4) is 5.75 Å². The maximum absolute atomic E-state index is 13.0. The minimum atomic E-state index is -0.609. The number of amides is 2. The van der Waals surface area contributed by atoms with Crippen molar-refractivity contribution in [2.24, 2.45) is 0 Å². The Morgan fingerprint density at radius 3 is 2.23 bits per heavy atom. The molecule has 0 fully saturated rings. The summed E-state index contributed by atoms with van der Waals surface area (Å²) in [7, 11) is 0. The van der Waals surface area contributed by atoms with Gasteiger partial charge in [0, 0.05) is 0 Å². The fourth-order valence-electron chi connectivity index (χ4n) is 3.10. The number of ether oxygens (including phenoxy) is 2. The summed E-state index contributed by atoms with van der Waals surface area (Å²) in [6.07, 6.45) is 1.73. The zero-order valence-electron chi connectivity index (χ0n) is 17.7. The van der Waals surface area contributed by atoms with Crippen LogP contribution in [0.25, 0.3) is 5.57 Å². The third-order valence-corrected chi connectivity index (χ3v) is 4.98. The average molecular weight is 442 g/mol. The third kappa shape index (κ3) is 4.97. The molecular weight excluding hydrogens is 418 g/mol. The Labute approximate surface area is 186 Å². The SMILES string of the molecule is CCCCOC(=O)c1ccc(N2C(=O)C(Cl)=C(c3ccc(OC(C)C)cc3)C2=O)cc1. The molecule has 2 aromatic carbocycles. The van der Waals surface area contributed by atoms with E-state index in [-0.39, 0.29) is 16.7 Å². The van der Waals surface area contributed by atoms with Crippen LogP contribution in [0, 0.1) is 0 Å². The normalized spacial score (nSPS) is 13.9. The van der Waals surface area contributed by atoms with Crippen LogP contribution in [0.15, 0.2) is 53.6 Å². The molecule has 2 aromatic rings. The Hall–Kier alpha value is -3.12. The molecule has 2 amide bonds. The molecule has 0 radical (unpaired) electrons. The molecule has 0 N–H and O–H groups in total. The molecule has 0 atom stereocenters. The quantitative estimate of drug-likeness (QED) is 0.329. The summed E-state index contributed by atoms with van der Waals surface area (Å²) in [5.41, 5.74) is 1.33. The van der Waals surface area contributed by atoms with Gasteiger partial charge in [-0.25, -0.2) is 9.69 Å². The van der Waals surface area contributed by atoms with Gasteiger partial charge in [-0.1, -0.05) is 37.1 Å². The molecule has 0 unspecified atom stereocenters. The first-order valence-electron chi connectivity index (χ1n) is 10.2. The van der Waals surface area contributed by atoms with Crippen molar-refractivity contribution in [3.63, 3.8) is 0 Å². The van der Waals surface area contributed by atoms with Crippen LogP contribution in [0.3, 0.4) is 0 Å². The Bertz CT molecular complexity index is 1010. The lowest BCUT2D eigenvalue weighted by atomic mass is 10.1. The number of imide groups is 1. The topological polar surface area (TPSA) is 72.9 Å². The molecule has 0 spiro atoms. The van der Waals surface area contributed by atoms with Crippen molar-refractivity contribution in [2.75, 3.05) is 11.5 Å². The summed E-state index contributed by atoms with van der Waals surface area (Å²) >= 11 is 6.24. The number of halogens is 1. The first kappa shape index (κ1) is 22.6. The van der Waals surface area contributed by atoms with Gasteiger partial charge in [-0.15, -0.1) is 0 Å². The molecule has 3 rings (SSSR count). The Morgan fingerprint density at radius 1 is 1.00 bits per heavy atom. The lowest BCUT2D eigenvalue weighted by Crippen LogP contribution is -2.31. The molecule has 0 saturated carbocycles. The van der Waals surface area contributed by atoms with Crippen LogP contribution in [0.1, 0.15) is 49.5 Å². The van der Waals surface area contributed by atoms with E-state index in [1.807, 2.05) is 20.8 Å². The maximum Gasteiger partial charge on any atom is 0.338 e. The van der Waals surface area contributed by atoms with E-state index in [1.165, 1.54) is 24.3 Å². The highest BCUT2D eigenvalue weighted by Gasteiger charge is 2.39. The minimum absolute atomic E-state index is 0.0192. The van der Waals surface area contributed by atoms with Crippen molar-refractivity contribution in [3.05, 3.63) is 64.7 Å². The fraction of sp³-hybridized carbons (Fsp3) is 0.292. The molecule has 1 aliphatic heterocycles. The van der Waals surface area contributed by atoms with E-state index in [1.54, 1.807) is 24.3 Å². The van der Waals surface area contributed by atoms with Crippen molar-refractivity contribution in [1.29, 1.82) is 0 Å². The molecule has 7 heteroatoms. The molecular formula is C24H24ClNO5. The van der Waals surface area contributed by atoms with Gasteiger partial charge in [-0.05, 0) is 62.2 Å². The summed E-state index contributed by atoms with van der Waals surface area (Å²) in [5.74, 6) is -0.918. The van der Waals surface area contributed by atoms with Gasteiger partial charge in [-0.3, -0.25) is 9.59 Å². The third-order valence-electron chi connectivity index (χ3n) is 4.63. The van der Waals surface area contributed by atoms with Crippen LogP contribution in [0.2, 0.25) is 0 Å². The number of nitrogens with zero attached hydrogens (tertiary/aromatic N) is 1. The van der Waals surface area contributed by atoms with Crippen molar-refractivity contribution < 1.29 is 23.9 Å². The molecule has 1 heterocycles. The van der Waals surface area contributed by atoms with Crippen LogP contribution in [0.5, 0.6) is 5.75 Å². The standard InChI is InChI=1S/C24H24ClNO5/c1-4-5-14-30-24(29)17-6-10-18(11-7-17)26-22(27)20(21(25)23(26)28)16-8-12-19(13-9-16)31-15(2)3/h6-13,15H,4-5,14H2,1-3H3. The molecule has 0 aromatic heterocycles. The highest BCUT2D eigenvalue weighted by Crippen LogP contribution is 2.35. The van der Waals surface area contributed by atoms with Crippen LogP contribution in [0.4, 0.5) is 5.69 Å². The number of rotatable bonds is 8. The van der Waals surface area contributed by atoms with E-state index in [2.05, 4.69) is 0 Å². The zero-order chi connectivity index (χ0) is 22.5. The number of carbonyl (C=O) groups is 3. The summed E-state index contributed by atoms with van der Waals surface area (Å²) in [4.78, 5) is 38.8. The minimum Gasteiger partial charge on any atom is -0.491 e. The van der Waals surface area contributed by atoms with Crippen molar-refractivity contribution in [2.45, 2.75) is 39.7 Å². The number of esters is 1. The van der Waals surface area contributed by atoms with Crippen LogP contribution >= 0.6 is 11.6 Å². The Kier molecular flexibility index (Phi) is 7.13. The molecule has 0 bridgehead atoms. The van der Waals surface area contributed by atoms with Crippen LogP contribution < -0.4 is 9.64 Å². The van der Waals surface area contributed by atoms with Gasteiger partial charge >= 0.3 is 5.97 Å². The fourth-order valence-corrected chi connectivity index (χ4v) is 3.37. The number of carbonyl (C=O) groups excluding carboxylic acids is 3. The number of hydrogen-bond donors (Lipinski definition) is 0. The summed E-state index contributed by atoms with van der Waals surface area (Å²) < 4.78 is 10.8. The average Bonchev–Trinajstić information content (AvgIpc) is 2.97. The highest BCUT2D eigenvalue weighted by atomic mass is 35.5. The maximum atomic E-state index is 13.0. The van der Waals surface area contributed by atoms with Gasteiger partial charge in [0.1, 0.15) is 10.8 Å². The first-order valence-corrected chi connectivity index (χ1v) is 10.5. The highest BCUT2D eigenvalue weighted by molar-refractivity contribution is 6.60. The largest absolute Gasteiger partial charge is 0.491 e. The van der Waals surface area contributed by atoms with Crippen molar-refractivity contribution in [1.82, 2.24) is 0 Å². The lowest BCUT2D eigenvalue weighted by Gasteiger charge is -2.15. The van der Waals surface area contributed by atoms with Gasteiger partial charge in [0.05, 0.1) is 29.5 Å². The second-order valence-electron chi connectivity index (χ2n) is 7.36.